The van der Waals surface area contributed by atoms with Crippen LogP contribution in [0.1, 0.15) is 56.8 Å². The Hall–Kier alpha value is -1.63. The minimum absolute atomic E-state index is 0.0764. The van der Waals surface area contributed by atoms with Crippen molar-refractivity contribution in [2.24, 2.45) is 11.8 Å². The number of aromatic nitrogens is 2. The van der Waals surface area contributed by atoms with E-state index in [9.17, 15) is 9.90 Å². The maximum atomic E-state index is 12.7. The van der Waals surface area contributed by atoms with E-state index in [-0.39, 0.29) is 24.1 Å². The molecular formula is C17H28N4O3. The third kappa shape index (κ3) is 3.71. The highest BCUT2D eigenvalue weighted by Gasteiger charge is 2.39. The highest BCUT2D eigenvalue weighted by Crippen LogP contribution is 2.36. The average Bonchev–Trinajstić information content (AvgIpc) is 3.00. The number of carbonyl (C=O) groups excluding carboxylic acids is 1. The van der Waals surface area contributed by atoms with Crippen LogP contribution in [0.25, 0.3) is 0 Å². The van der Waals surface area contributed by atoms with Crippen molar-refractivity contribution in [2.75, 3.05) is 6.54 Å². The molecular weight excluding hydrogens is 308 g/mol. The second-order valence-corrected chi connectivity index (χ2v) is 7.36. The molecule has 0 spiro atoms. The number of aliphatic hydroxyl groups excluding tert-OH is 1. The Morgan fingerprint density at radius 3 is 2.92 bits per heavy atom. The van der Waals surface area contributed by atoms with E-state index in [2.05, 4.69) is 27.2 Å². The summed E-state index contributed by atoms with van der Waals surface area (Å²) in [5.74, 6) is 0.810. The lowest BCUT2D eigenvalue weighted by Crippen LogP contribution is -2.54. The minimum atomic E-state index is -0.290. The van der Waals surface area contributed by atoms with Crippen molar-refractivity contribution in [3.05, 3.63) is 11.4 Å². The van der Waals surface area contributed by atoms with Crippen LogP contribution in [0.2, 0.25) is 0 Å². The first-order chi connectivity index (χ1) is 11.6. The number of rotatable bonds is 3. The fourth-order valence-electron chi connectivity index (χ4n) is 4.15. The SMILES string of the molecule is Cc1nonc1CNC(=O)N1CCCCC1C1CC(C)CCC1O. The Labute approximate surface area is 142 Å². The zero-order chi connectivity index (χ0) is 17.1. The Morgan fingerprint density at radius 2 is 2.17 bits per heavy atom. The molecule has 4 unspecified atom stereocenters. The molecule has 2 amide bonds. The number of nitrogens with zero attached hydrogens (tertiary/aromatic N) is 3. The second kappa shape index (κ2) is 7.51. The number of piperidine rings is 1. The summed E-state index contributed by atoms with van der Waals surface area (Å²) in [7, 11) is 0. The van der Waals surface area contributed by atoms with Gasteiger partial charge in [-0.1, -0.05) is 17.2 Å². The Kier molecular flexibility index (Phi) is 5.38. The van der Waals surface area contributed by atoms with E-state index in [1.165, 1.54) is 0 Å². The minimum Gasteiger partial charge on any atom is -0.393 e. The fraction of sp³-hybridized carbons (Fsp3) is 0.824. The molecule has 134 valence electrons. The number of hydrogen-bond acceptors (Lipinski definition) is 5. The topological polar surface area (TPSA) is 91.5 Å². The predicted molar refractivity (Wildman–Crippen MR) is 88.1 cm³/mol. The first-order valence-corrected chi connectivity index (χ1v) is 9.07. The highest BCUT2D eigenvalue weighted by molar-refractivity contribution is 5.74. The fourth-order valence-corrected chi connectivity index (χ4v) is 4.15. The second-order valence-electron chi connectivity index (χ2n) is 7.36. The van der Waals surface area contributed by atoms with E-state index in [0.29, 0.717) is 23.9 Å². The van der Waals surface area contributed by atoms with Crippen molar-refractivity contribution in [3.63, 3.8) is 0 Å². The van der Waals surface area contributed by atoms with Crippen molar-refractivity contribution in [2.45, 2.75) is 71.1 Å². The summed E-state index contributed by atoms with van der Waals surface area (Å²) < 4.78 is 4.67. The van der Waals surface area contributed by atoms with Crippen LogP contribution in [0, 0.1) is 18.8 Å². The van der Waals surface area contributed by atoms with Gasteiger partial charge in [-0.25, -0.2) is 9.42 Å². The molecule has 4 atom stereocenters. The molecule has 2 heterocycles. The molecule has 2 fully saturated rings. The largest absolute Gasteiger partial charge is 0.393 e. The number of aryl methyl sites for hydroxylation is 1. The highest BCUT2D eigenvalue weighted by atomic mass is 16.6. The molecule has 1 aromatic rings. The molecule has 2 aliphatic rings. The molecule has 0 aromatic carbocycles. The van der Waals surface area contributed by atoms with Crippen molar-refractivity contribution >= 4 is 6.03 Å². The average molecular weight is 336 g/mol. The summed E-state index contributed by atoms with van der Waals surface area (Å²) in [5.41, 5.74) is 1.35. The first-order valence-electron chi connectivity index (χ1n) is 9.07. The van der Waals surface area contributed by atoms with Crippen LogP contribution >= 0.6 is 0 Å². The van der Waals surface area contributed by atoms with E-state index in [1.807, 2.05) is 11.8 Å². The molecule has 7 heteroatoms. The maximum absolute atomic E-state index is 12.7. The quantitative estimate of drug-likeness (QED) is 0.883. The normalized spacial score (nSPS) is 31.0. The van der Waals surface area contributed by atoms with E-state index in [1.54, 1.807) is 0 Å². The van der Waals surface area contributed by atoms with Crippen molar-refractivity contribution in [1.82, 2.24) is 20.5 Å². The molecule has 2 N–H and O–H groups in total. The van der Waals surface area contributed by atoms with Crippen LogP contribution < -0.4 is 5.32 Å². The molecule has 3 rings (SSSR count). The van der Waals surface area contributed by atoms with E-state index in [0.717, 1.165) is 45.1 Å². The standard InChI is InChI=1S/C17H28N4O3/c1-11-6-7-16(22)13(9-11)15-5-3-4-8-21(15)17(23)18-10-14-12(2)19-24-20-14/h11,13,15-16,22H,3-10H2,1-2H3,(H,18,23). The van der Waals surface area contributed by atoms with Gasteiger partial charge in [0.2, 0.25) is 0 Å². The van der Waals surface area contributed by atoms with Gasteiger partial charge in [0.25, 0.3) is 0 Å². The third-order valence-corrected chi connectivity index (χ3v) is 5.58. The number of urea groups is 1. The summed E-state index contributed by atoms with van der Waals surface area (Å²) in [6.45, 7) is 5.12. The van der Waals surface area contributed by atoms with E-state index in [4.69, 9.17) is 0 Å². The molecule has 7 nitrogen and oxygen atoms in total. The monoisotopic (exact) mass is 336 g/mol. The Morgan fingerprint density at radius 1 is 1.33 bits per heavy atom. The van der Waals surface area contributed by atoms with Gasteiger partial charge in [-0.05, 0) is 51.4 Å². The number of hydrogen-bond donors (Lipinski definition) is 2. The van der Waals surface area contributed by atoms with Crippen LogP contribution in [0.5, 0.6) is 0 Å². The lowest BCUT2D eigenvalue weighted by molar-refractivity contribution is -0.00478. The first kappa shape index (κ1) is 17.2. The summed E-state index contributed by atoms with van der Waals surface area (Å²) in [4.78, 5) is 14.6. The number of carbonyl (C=O) groups is 1. The van der Waals surface area contributed by atoms with Crippen LogP contribution in [0.15, 0.2) is 4.63 Å². The van der Waals surface area contributed by atoms with Gasteiger partial charge in [-0.2, -0.15) is 0 Å². The van der Waals surface area contributed by atoms with Gasteiger partial charge in [0.15, 0.2) is 0 Å². The number of nitrogens with one attached hydrogen (secondary N) is 1. The van der Waals surface area contributed by atoms with Gasteiger partial charge in [0, 0.05) is 18.5 Å². The predicted octanol–water partition coefficient (Wildman–Crippen LogP) is 2.24. The number of likely N-dealkylation sites (tertiary alicyclic amines) is 1. The smallest absolute Gasteiger partial charge is 0.317 e. The Balaban J connectivity index is 1.65. The lowest BCUT2D eigenvalue weighted by atomic mass is 9.74. The molecule has 0 radical (unpaired) electrons. The van der Waals surface area contributed by atoms with Crippen LogP contribution in [-0.2, 0) is 6.54 Å². The number of amides is 2. The lowest BCUT2D eigenvalue weighted by Gasteiger charge is -2.44. The van der Waals surface area contributed by atoms with Crippen molar-refractivity contribution in [3.8, 4) is 0 Å². The molecule has 0 bridgehead atoms. The van der Waals surface area contributed by atoms with E-state index < -0.39 is 0 Å². The zero-order valence-corrected chi connectivity index (χ0v) is 14.6. The van der Waals surface area contributed by atoms with Gasteiger partial charge in [0.05, 0.1) is 12.6 Å². The van der Waals surface area contributed by atoms with Crippen molar-refractivity contribution < 1.29 is 14.5 Å². The molecule has 1 aliphatic heterocycles. The van der Waals surface area contributed by atoms with Gasteiger partial charge in [-0.3, -0.25) is 0 Å². The van der Waals surface area contributed by atoms with Crippen LogP contribution in [-0.4, -0.2) is 45.0 Å². The van der Waals surface area contributed by atoms with Gasteiger partial charge in [0.1, 0.15) is 11.4 Å². The van der Waals surface area contributed by atoms with Crippen LogP contribution in [0.3, 0.4) is 0 Å². The van der Waals surface area contributed by atoms with E-state index >= 15 is 0 Å². The molecule has 1 saturated heterocycles. The molecule has 1 aliphatic carbocycles. The Bertz CT molecular complexity index is 562. The third-order valence-electron chi connectivity index (χ3n) is 5.58. The van der Waals surface area contributed by atoms with Gasteiger partial charge >= 0.3 is 6.03 Å². The molecule has 1 aromatic heterocycles. The summed E-state index contributed by atoms with van der Waals surface area (Å²) in [6.07, 6.45) is 5.76. The van der Waals surface area contributed by atoms with Crippen LogP contribution in [0.4, 0.5) is 4.79 Å². The number of aliphatic hydroxyl groups is 1. The summed E-state index contributed by atoms with van der Waals surface area (Å²) in [6, 6.07) is 0.0561. The summed E-state index contributed by atoms with van der Waals surface area (Å²) >= 11 is 0. The van der Waals surface area contributed by atoms with Gasteiger partial charge in [-0.15, -0.1) is 0 Å². The molecule has 1 saturated carbocycles. The van der Waals surface area contributed by atoms with Crippen molar-refractivity contribution in [1.29, 1.82) is 0 Å². The van der Waals surface area contributed by atoms with Gasteiger partial charge < -0.3 is 15.3 Å². The zero-order valence-electron chi connectivity index (χ0n) is 14.6. The molecule has 24 heavy (non-hydrogen) atoms. The maximum Gasteiger partial charge on any atom is 0.317 e. The summed E-state index contributed by atoms with van der Waals surface area (Å²) in [5, 5.41) is 20.9.